The molecule has 9 nitrogen and oxygen atoms in total. The number of halogens is 6. The van der Waals surface area contributed by atoms with Gasteiger partial charge in [0, 0.05) is 43.2 Å². The Bertz CT molecular complexity index is 1750. The van der Waals surface area contributed by atoms with Crippen LogP contribution in [-0.4, -0.2) is 82.7 Å². The van der Waals surface area contributed by atoms with Crippen molar-refractivity contribution in [3.8, 4) is 23.1 Å². The van der Waals surface area contributed by atoms with Crippen molar-refractivity contribution >= 4 is 34.0 Å². The van der Waals surface area contributed by atoms with E-state index in [4.69, 9.17) is 36.5 Å². The zero-order chi connectivity index (χ0) is 32.2. The molecule has 0 radical (unpaired) electrons. The predicted octanol–water partition coefficient (Wildman–Crippen LogP) is 5.95. The number of hydrogen-bond acceptors (Lipinski definition) is 9. The molecule has 15 heteroatoms. The van der Waals surface area contributed by atoms with Gasteiger partial charge in [0.1, 0.15) is 35.2 Å². The minimum Gasteiger partial charge on any atom is -0.465 e. The molecule has 3 aromatic rings. The van der Waals surface area contributed by atoms with E-state index in [1.165, 1.54) is 0 Å². The second-order valence-electron chi connectivity index (χ2n) is 13.5. The van der Waals surface area contributed by atoms with Gasteiger partial charge in [0.15, 0.2) is 11.4 Å². The highest BCUT2D eigenvalue weighted by atomic mass is 35.5. The molecule has 1 saturated carbocycles. The molecular formula is C31H32ClF5N6O3. The molecule has 5 aliphatic rings. The average Bonchev–Trinajstić information content (AvgIpc) is 3.46. The summed E-state index contributed by atoms with van der Waals surface area (Å²) >= 11 is 6.05. The van der Waals surface area contributed by atoms with E-state index in [-0.39, 0.29) is 53.8 Å². The normalized spacial score (nSPS) is 26.4. The van der Waals surface area contributed by atoms with Crippen LogP contribution < -0.4 is 20.1 Å². The van der Waals surface area contributed by atoms with Gasteiger partial charge in [0.2, 0.25) is 5.88 Å². The van der Waals surface area contributed by atoms with Crippen LogP contribution in [0.1, 0.15) is 50.5 Å². The standard InChI is InChI=1S/C31H32ClF5N6O3/c1-42-25-20-24(40-27(41-25)45-13-29-6-3-7-43(29)11-16(33)10-29)22(34)23(18-8-17(38)9-19(32)21(18)31(35,36)37)39-26(20)46-30(14-44-15-30)12-28(42)4-2-5-28/h8-9,16H,2-7,10-15,38H2,1H3/t16-,29+/m1/s1. The van der Waals surface area contributed by atoms with Gasteiger partial charge >= 0.3 is 12.2 Å². The van der Waals surface area contributed by atoms with Crippen LogP contribution in [0.15, 0.2) is 12.1 Å². The first-order valence-electron chi connectivity index (χ1n) is 15.4. The average molecular weight is 667 g/mol. The number of benzene rings is 1. The predicted molar refractivity (Wildman–Crippen MR) is 159 cm³/mol. The highest BCUT2D eigenvalue weighted by Crippen LogP contribution is 2.53. The number of ether oxygens (including phenoxy) is 3. The summed E-state index contributed by atoms with van der Waals surface area (Å²) in [4.78, 5) is 17.6. The van der Waals surface area contributed by atoms with E-state index in [9.17, 15) is 17.6 Å². The first-order valence-corrected chi connectivity index (χ1v) is 15.8. The Morgan fingerprint density at radius 3 is 2.59 bits per heavy atom. The number of alkyl halides is 4. The summed E-state index contributed by atoms with van der Waals surface area (Å²) in [5, 5.41) is -0.583. The van der Waals surface area contributed by atoms with Crippen LogP contribution in [0.5, 0.6) is 11.9 Å². The van der Waals surface area contributed by atoms with Gasteiger partial charge in [-0.15, -0.1) is 0 Å². The molecule has 4 fully saturated rings. The number of fused-ring (bicyclic) bond motifs is 1. The maximum atomic E-state index is 16.8. The zero-order valence-electron chi connectivity index (χ0n) is 25.0. The highest BCUT2D eigenvalue weighted by Gasteiger charge is 2.55. The van der Waals surface area contributed by atoms with E-state index in [0.717, 1.165) is 50.8 Å². The zero-order valence-corrected chi connectivity index (χ0v) is 25.8. The molecule has 2 N–H and O–H groups in total. The molecule has 46 heavy (non-hydrogen) atoms. The van der Waals surface area contributed by atoms with Gasteiger partial charge in [-0.1, -0.05) is 11.6 Å². The number of nitrogens with two attached hydrogens (primary N) is 1. The van der Waals surface area contributed by atoms with Crippen LogP contribution in [-0.2, 0) is 10.9 Å². The Balaban J connectivity index is 1.34. The Morgan fingerprint density at radius 1 is 1.13 bits per heavy atom. The van der Waals surface area contributed by atoms with E-state index in [1.54, 1.807) is 0 Å². The summed E-state index contributed by atoms with van der Waals surface area (Å²) in [6, 6.07) is 1.78. The molecular weight excluding hydrogens is 635 g/mol. The third-order valence-electron chi connectivity index (χ3n) is 10.6. The summed E-state index contributed by atoms with van der Waals surface area (Å²) in [5.41, 5.74) is 1.14. The number of pyridine rings is 1. The van der Waals surface area contributed by atoms with Gasteiger partial charge < -0.3 is 24.8 Å². The fourth-order valence-corrected chi connectivity index (χ4v) is 8.52. The van der Waals surface area contributed by atoms with E-state index in [0.29, 0.717) is 25.2 Å². The molecule has 0 amide bonds. The number of hydrogen-bond donors (Lipinski definition) is 1. The molecule has 8 rings (SSSR count). The minimum atomic E-state index is -4.96. The van der Waals surface area contributed by atoms with Gasteiger partial charge in [-0.3, -0.25) is 4.90 Å². The number of rotatable bonds is 4. The molecule has 0 unspecified atom stereocenters. The quantitative estimate of drug-likeness (QED) is 0.268. The second-order valence-corrected chi connectivity index (χ2v) is 13.9. The third kappa shape index (κ3) is 4.50. The fraction of sp³-hybridized carbons (Fsp3) is 0.581. The van der Waals surface area contributed by atoms with Gasteiger partial charge in [-0.25, -0.2) is 13.8 Å². The van der Waals surface area contributed by atoms with Gasteiger partial charge in [-0.2, -0.15) is 23.1 Å². The highest BCUT2D eigenvalue weighted by molar-refractivity contribution is 6.32. The molecule has 0 bridgehead atoms. The molecule has 1 aliphatic carbocycles. The first-order chi connectivity index (χ1) is 21.8. The maximum Gasteiger partial charge on any atom is 0.418 e. The molecule has 246 valence electrons. The topological polar surface area (TPSA) is 98.9 Å². The van der Waals surface area contributed by atoms with Crippen molar-refractivity contribution in [1.82, 2.24) is 19.9 Å². The summed E-state index contributed by atoms with van der Waals surface area (Å²) in [7, 11) is 1.86. The Kier molecular flexibility index (Phi) is 6.64. The molecule has 4 aliphatic heterocycles. The van der Waals surface area contributed by atoms with Crippen molar-refractivity contribution in [3.05, 3.63) is 28.5 Å². The lowest BCUT2D eigenvalue weighted by atomic mass is 9.68. The van der Waals surface area contributed by atoms with Gasteiger partial charge in [0.25, 0.3) is 0 Å². The third-order valence-corrected chi connectivity index (χ3v) is 10.9. The van der Waals surface area contributed by atoms with Crippen molar-refractivity contribution < 1.29 is 36.2 Å². The lowest BCUT2D eigenvalue weighted by Crippen LogP contribution is -2.65. The van der Waals surface area contributed by atoms with Gasteiger partial charge in [0.05, 0.1) is 29.3 Å². The monoisotopic (exact) mass is 666 g/mol. The van der Waals surface area contributed by atoms with Crippen molar-refractivity contribution in [2.75, 3.05) is 50.6 Å². The van der Waals surface area contributed by atoms with Crippen LogP contribution in [0.2, 0.25) is 5.02 Å². The first kappa shape index (κ1) is 30.1. The van der Waals surface area contributed by atoms with Crippen LogP contribution in [0, 0.1) is 5.82 Å². The lowest BCUT2D eigenvalue weighted by Gasteiger charge is -2.56. The Hall–Kier alpha value is -3.23. The lowest BCUT2D eigenvalue weighted by molar-refractivity contribution is -0.178. The molecule has 2 aromatic heterocycles. The van der Waals surface area contributed by atoms with Crippen molar-refractivity contribution in [1.29, 1.82) is 0 Å². The van der Waals surface area contributed by atoms with E-state index < -0.39 is 51.1 Å². The van der Waals surface area contributed by atoms with Crippen LogP contribution in [0.3, 0.4) is 0 Å². The van der Waals surface area contributed by atoms with E-state index in [2.05, 4.69) is 14.9 Å². The number of nitrogen functional groups attached to an aromatic ring is 1. The molecule has 3 saturated heterocycles. The Morgan fingerprint density at radius 2 is 1.91 bits per heavy atom. The van der Waals surface area contributed by atoms with Crippen LogP contribution in [0.25, 0.3) is 22.2 Å². The summed E-state index contributed by atoms with van der Waals surface area (Å²) in [6.07, 6.45) is -0.848. The smallest absolute Gasteiger partial charge is 0.418 e. The number of aromatic nitrogens is 3. The molecule has 2 atom stereocenters. The van der Waals surface area contributed by atoms with Crippen LogP contribution in [0.4, 0.5) is 33.5 Å². The Labute approximate surface area is 266 Å². The second kappa shape index (κ2) is 10.1. The summed E-state index contributed by atoms with van der Waals surface area (Å²) in [5.74, 6) is -0.968. The summed E-state index contributed by atoms with van der Waals surface area (Å²) < 4.78 is 92.6. The molecule has 6 heterocycles. The van der Waals surface area contributed by atoms with Crippen molar-refractivity contribution in [2.45, 2.75) is 74.0 Å². The minimum absolute atomic E-state index is 0.0830. The number of anilines is 2. The SMILES string of the molecule is CN1c2nc(OC[C@@]34CCCN3C[C@H](F)C4)nc3c(F)c(-c4cc(N)cc(Cl)c4C(F)(F)F)nc(c23)OC2(COC2)CC12CCC2. The van der Waals surface area contributed by atoms with Gasteiger partial charge in [-0.05, 0) is 50.8 Å². The van der Waals surface area contributed by atoms with Crippen LogP contribution >= 0.6 is 11.6 Å². The fourth-order valence-electron chi connectivity index (χ4n) is 8.18. The van der Waals surface area contributed by atoms with E-state index in [1.807, 2.05) is 11.9 Å². The summed E-state index contributed by atoms with van der Waals surface area (Å²) in [6.45, 7) is 1.63. The maximum absolute atomic E-state index is 16.8. The number of nitrogens with zero attached hydrogens (tertiary/aromatic N) is 5. The molecule has 1 aromatic carbocycles. The van der Waals surface area contributed by atoms with Crippen molar-refractivity contribution in [3.63, 3.8) is 0 Å². The molecule has 2 spiro atoms. The largest absolute Gasteiger partial charge is 0.465 e. The van der Waals surface area contributed by atoms with Crippen molar-refractivity contribution in [2.24, 2.45) is 0 Å². The van der Waals surface area contributed by atoms with E-state index >= 15 is 4.39 Å².